The van der Waals surface area contributed by atoms with Crippen LogP contribution in [0.15, 0.2) is 41.3 Å². The van der Waals surface area contributed by atoms with Crippen molar-refractivity contribution in [3.63, 3.8) is 0 Å². The number of rotatable bonds is 4. The Morgan fingerprint density at radius 1 is 1.42 bits per heavy atom. The first-order valence-corrected chi connectivity index (χ1v) is 7.69. The minimum Gasteiger partial charge on any atom is -0.421 e. The summed E-state index contributed by atoms with van der Waals surface area (Å²) in [6, 6.07) is 7.23. The van der Waals surface area contributed by atoms with Crippen LogP contribution in [0.5, 0.6) is 0 Å². The first-order valence-electron chi connectivity index (χ1n) is 7.69. The average molecular weight is 326 g/mol. The van der Waals surface area contributed by atoms with Crippen molar-refractivity contribution in [2.75, 3.05) is 18.4 Å². The number of carbonyl (C=O) groups excluding carboxylic acids is 2. The maximum atomic E-state index is 12.4. The Hall–Kier alpha value is -2.96. The van der Waals surface area contributed by atoms with Crippen LogP contribution in [0, 0.1) is 12.8 Å². The van der Waals surface area contributed by atoms with Gasteiger partial charge in [0.05, 0.1) is 5.92 Å². The summed E-state index contributed by atoms with van der Waals surface area (Å²) in [7, 11) is 0. The Morgan fingerprint density at radius 3 is 2.96 bits per heavy atom. The van der Waals surface area contributed by atoms with Gasteiger partial charge in [0.1, 0.15) is 0 Å². The van der Waals surface area contributed by atoms with E-state index < -0.39 is 0 Å². The van der Waals surface area contributed by atoms with E-state index in [9.17, 15) is 9.59 Å². The summed E-state index contributed by atoms with van der Waals surface area (Å²) in [4.78, 5) is 25.6. The molecule has 1 saturated heterocycles. The molecule has 7 nitrogen and oxygen atoms in total. The van der Waals surface area contributed by atoms with Gasteiger partial charge in [0.25, 0.3) is 0 Å². The predicted octanol–water partition coefficient (Wildman–Crippen LogP) is 2.02. The molecule has 124 valence electrons. The van der Waals surface area contributed by atoms with Gasteiger partial charge in [-0.2, -0.15) is 0 Å². The smallest absolute Gasteiger partial charge is 0.247 e. The second-order valence-electron chi connectivity index (χ2n) is 5.67. The molecule has 2 amide bonds. The van der Waals surface area contributed by atoms with E-state index in [1.54, 1.807) is 24.0 Å². The van der Waals surface area contributed by atoms with E-state index in [4.69, 9.17) is 4.42 Å². The Labute approximate surface area is 139 Å². The van der Waals surface area contributed by atoms with Crippen LogP contribution >= 0.6 is 0 Å². The third kappa shape index (κ3) is 3.34. The fourth-order valence-electron chi connectivity index (χ4n) is 2.69. The minimum atomic E-state index is -0.219. The number of hydrogen-bond donors (Lipinski definition) is 1. The van der Waals surface area contributed by atoms with Gasteiger partial charge in [0.15, 0.2) is 0 Å². The van der Waals surface area contributed by atoms with Crippen molar-refractivity contribution in [3.05, 3.63) is 42.8 Å². The number of hydrogen-bond acceptors (Lipinski definition) is 5. The molecule has 1 unspecified atom stereocenters. The highest BCUT2D eigenvalue weighted by atomic mass is 16.4. The molecule has 3 rings (SSSR count). The highest BCUT2D eigenvalue weighted by Gasteiger charge is 2.30. The lowest BCUT2D eigenvalue weighted by Gasteiger charge is -2.14. The highest BCUT2D eigenvalue weighted by Crippen LogP contribution is 2.23. The van der Waals surface area contributed by atoms with Gasteiger partial charge in [0.2, 0.25) is 23.6 Å². The van der Waals surface area contributed by atoms with Gasteiger partial charge >= 0.3 is 0 Å². The normalized spacial score (nSPS) is 16.9. The van der Waals surface area contributed by atoms with Crippen molar-refractivity contribution < 1.29 is 14.0 Å². The van der Waals surface area contributed by atoms with Crippen LogP contribution in [-0.2, 0) is 9.59 Å². The molecular formula is C17H18N4O3. The zero-order valence-electron chi connectivity index (χ0n) is 13.4. The molecule has 1 N–H and O–H groups in total. The largest absolute Gasteiger partial charge is 0.421 e. The molecule has 1 aromatic carbocycles. The minimum absolute atomic E-state index is 0.103. The monoisotopic (exact) mass is 326 g/mol. The summed E-state index contributed by atoms with van der Waals surface area (Å²) < 4.78 is 5.39. The lowest BCUT2D eigenvalue weighted by molar-refractivity contribution is -0.125. The summed E-state index contributed by atoms with van der Waals surface area (Å²) >= 11 is 0. The summed E-state index contributed by atoms with van der Waals surface area (Å²) in [5, 5.41) is 10.7. The van der Waals surface area contributed by atoms with Crippen molar-refractivity contribution in [1.82, 2.24) is 15.1 Å². The quantitative estimate of drug-likeness (QED) is 0.868. The van der Waals surface area contributed by atoms with E-state index in [0.29, 0.717) is 37.0 Å². The molecule has 2 heterocycles. The van der Waals surface area contributed by atoms with Crippen molar-refractivity contribution in [3.8, 4) is 11.5 Å². The standard InChI is InChI=1S/C17H18N4O3/c1-3-15(22)21-8-7-13(10-21)16(23)18-14-6-4-5-12(9-14)17-20-19-11(2)24-17/h3-6,9,13H,1,7-8,10H2,2H3,(H,18,23). The maximum absolute atomic E-state index is 12.4. The molecule has 1 aliphatic heterocycles. The Morgan fingerprint density at radius 2 is 2.25 bits per heavy atom. The van der Waals surface area contributed by atoms with Gasteiger partial charge in [-0.1, -0.05) is 12.6 Å². The number of aromatic nitrogens is 2. The molecular weight excluding hydrogens is 308 g/mol. The molecule has 0 spiro atoms. The fourth-order valence-corrected chi connectivity index (χ4v) is 2.69. The molecule has 1 fully saturated rings. The van der Waals surface area contributed by atoms with Crippen LogP contribution in [-0.4, -0.2) is 40.0 Å². The number of nitrogens with zero attached hydrogens (tertiary/aromatic N) is 3. The van der Waals surface area contributed by atoms with Gasteiger partial charge in [-0.3, -0.25) is 9.59 Å². The van der Waals surface area contributed by atoms with E-state index in [0.717, 1.165) is 5.56 Å². The first kappa shape index (κ1) is 15.9. The van der Waals surface area contributed by atoms with Crippen LogP contribution in [0.3, 0.4) is 0 Å². The van der Waals surface area contributed by atoms with Crippen molar-refractivity contribution in [2.24, 2.45) is 5.92 Å². The topological polar surface area (TPSA) is 88.3 Å². The molecule has 7 heteroatoms. The molecule has 24 heavy (non-hydrogen) atoms. The highest BCUT2D eigenvalue weighted by molar-refractivity contribution is 5.94. The van der Waals surface area contributed by atoms with Crippen LogP contribution in [0.4, 0.5) is 5.69 Å². The number of anilines is 1. The molecule has 1 aliphatic rings. The van der Waals surface area contributed by atoms with Crippen LogP contribution in [0.1, 0.15) is 12.3 Å². The van der Waals surface area contributed by atoms with Crippen molar-refractivity contribution in [2.45, 2.75) is 13.3 Å². The maximum Gasteiger partial charge on any atom is 0.247 e. The molecule has 1 atom stereocenters. The molecule has 2 aromatic rings. The third-order valence-electron chi connectivity index (χ3n) is 3.95. The van der Waals surface area contributed by atoms with E-state index in [-0.39, 0.29) is 17.7 Å². The van der Waals surface area contributed by atoms with Gasteiger partial charge in [-0.25, -0.2) is 0 Å². The number of nitrogens with one attached hydrogen (secondary N) is 1. The number of benzene rings is 1. The van der Waals surface area contributed by atoms with Gasteiger partial charge in [-0.05, 0) is 30.7 Å². The van der Waals surface area contributed by atoms with Crippen molar-refractivity contribution >= 4 is 17.5 Å². The van der Waals surface area contributed by atoms with Crippen molar-refractivity contribution in [1.29, 1.82) is 0 Å². The first-order chi connectivity index (χ1) is 11.6. The zero-order chi connectivity index (χ0) is 17.1. The number of carbonyl (C=O) groups is 2. The third-order valence-corrected chi connectivity index (χ3v) is 3.95. The summed E-state index contributed by atoms with van der Waals surface area (Å²) in [5.41, 5.74) is 1.39. The van der Waals surface area contributed by atoms with Gasteiger partial charge < -0.3 is 14.6 Å². The van der Waals surface area contributed by atoms with Gasteiger partial charge in [-0.15, -0.1) is 10.2 Å². The van der Waals surface area contributed by atoms with E-state index in [1.165, 1.54) is 6.08 Å². The lowest BCUT2D eigenvalue weighted by atomic mass is 10.1. The van der Waals surface area contributed by atoms with Crippen LogP contribution in [0.25, 0.3) is 11.5 Å². The predicted molar refractivity (Wildman–Crippen MR) is 88.0 cm³/mol. The number of aryl methyl sites for hydroxylation is 1. The Balaban J connectivity index is 1.67. The van der Waals surface area contributed by atoms with E-state index in [1.807, 2.05) is 12.1 Å². The molecule has 0 radical (unpaired) electrons. The van der Waals surface area contributed by atoms with Gasteiger partial charge in [0, 0.05) is 31.3 Å². The Kier molecular flexibility index (Phi) is 4.41. The molecule has 0 aliphatic carbocycles. The number of likely N-dealkylation sites (tertiary alicyclic amines) is 1. The SMILES string of the molecule is C=CC(=O)N1CCC(C(=O)Nc2cccc(-c3nnc(C)o3)c2)C1. The zero-order valence-corrected chi connectivity index (χ0v) is 13.4. The summed E-state index contributed by atoms with van der Waals surface area (Å²) in [6.45, 7) is 6.18. The number of amides is 2. The second kappa shape index (κ2) is 6.66. The molecule has 1 aromatic heterocycles. The molecule has 0 saturated carbocycles. The van der Waals surface area contributed by atoms with E-state index >= 15 is 0 Å². The summed E-state index contributed by atoms with van der Waals surface area (Å²) in [5.74, 6) is 0.431. The summed E-state index contributed by atoms with van der Waals surface area (Å²) in [6.07, 6.45) is 1.92. The molecule has 0 bridgehead atoms. The average Bonchev–Trinajstić information content (AvgIpc) is 3.23. The van der Waals surface area contributed by atoms with E-state index in [2.05, 4.69) is 22.1 Å². The van der Waals surface area contributed by atoms with Crippen LogP contribution < -0.4 is 5.32 Å². The Bertz CT molecular complexity index is 784. The second-order valence-corrected chi connectivity index (χ2v) is 5.67. The fraction of sp³-hybridized carbons (Fsp3) is 0.294. The lowest BCUT2D eigenvalue weighted by Crippen LogP contribution is -2.30. The van der Waals surface area contributed by atoms with Crippen LogP contribution in [0.2, 0.25) is 0 Å².